The fraction of sp³-hybridized carbons (Fsp3) is 0.136. The van der Waals surface area contributed by atoms with Crippen LogP contribution in [0.5, 0.6) is 0 Å². The fourth-order valence-corrected chi connectivity index (χ4v) is 4.47. The number of halogens is 1. The Bertz CT molecular complexity index is 1070. The first-order chi connectivity index (χ1) is 13.9. The van der Waals surface area contributed by atoms with E-state index in [1.165, 1.54) is 23.1 Å². The lowest BCUT2D eigenvalue weighted by molar-refractivity contribution is -0.128. The molecule has 0 saturated heterocycles. The van der Waals surface area contributed by atoms with Crippen molar-refractivity contribution < 1.29 is 13.2 Å². The van der Waals surface area contributed by atoms with E-state index in [9.17, 15) is 13.2 Å². The number of benzene rings is 3. The van der Waals surface area contributed by atoms with Gasteiger partial charge in [-0.05, 0) is 35.9 Å². The Morgan fingerprint density at radius 2 is 1.52 bits per heavy atom. The molecule has 0 N–H and O–H groups in total. The number of hydrogen-bond donors (Lipinski definition) is 0. The Morgan fingerprint density at radius 1 is 0.897 bits per heavy atom. The lowest BCUT2D eigenvalue weighted by Gasteiger charge is -2.27. The summed E-state index contributed by atoms with van der Waals surface area (Å²) < 4.78 is 27.6. The van der Waals surface area contributed by atoms with Crippen molar-refractivity contribution >= 4 is 33.2 Å². The zero-order chi connectivity index (χ0) is 20.9. The summed E-state index contributed by atoms with van der Waals surface area (Å²) >= 11 is 6.07. The highest BCUT2D eigenvalue weighted by Gasteiger charge is 2.28. The van der Waals surface area contributed by atoms with Gasteiger partial charge in [-0.2, -0.15) is 0 Å². The maximum Gasteiger partial charge on any atom is 0.264 e. The lowest BCUT2D eigenvalue weighted by Crippen LogP contribution is -2.41. The van der Waals surface area contributed by atoms with Crippen LogP contribution in [0.1, 0.15) is 5.56 Å². The summed E-state index contributed by atoms with van der Waals surface area (Å²) in [5.41, 5.74) is 1.30. The van der Waals surface area contributed by atoms with Crippen molar-refractivity contribution in [3.05, 3.63) is 95.5 Å². The predicted molar refractivity (Wildman–Crippen MR) is 115 cm³/mol. The highest BCUT2D eigenvalue weighted by atomic mass is 35.5. The van der Waals surface area contributed by atoms with Crippen LogP contribution in [0, 0.1) is 0 Å². The van der Waals surface area contributed by atoms with Crippen LogP contribution in [0.15, 0.2) is 89.8 Å². The molecule has 29 heavy (non-hydrogen) atoms. The molecular weight excluding hydrogens is 408 g/mol. The molecule has 3 aromatic carbocycles. The van der Waals surface area contributed by atoms with Crippen LogP contribution in [0.2, 0.25) is 5.02 Å². The average Bonchev–Trinajstić information content (AvgIpc) is 2.73. The fourth-order valence-electron chi connectivity index (χ4n) is 2.86. The Hall–Kier alpha value is -2.83. The van der Waals surface area contributed by atoms with Gasteiger partial charge >= 0.3 is 0 Å². The SMILES string of the molecule is CN(Cc1ccccc1)C(=O)CN(c1cccc(Cl)c1)S(=O)(=O)c1ccccc1. The minimum atomic E-state index is -3.95. The number of likely N-dealkylation sites (N-methyl/N-ethyl adjacent to an activating group) is 1. The molecule has 0 radical (unpaired) electrons. The van der Waals surface area contributed by atoms with Gasteiger partial charge in [0.2, 0.25) is 5.91 Å². The first kappa shape index (κ1) is 20.9. The largest absolute Gasteiger partial charge is 0.340 e. The second-order valence-electron chi connectivity index (χ2n) is 6.54. The van der Waals surface area contributed by atoms with E-state index in [2.05, 4.69) is 0 Å². The molecule has 0 spiro atoms. The second-order valence-corrected chi connectivity index (χ2v) is 8.84. The summed E-state index contributed by atoms with van der Waals surface area (Å²) in [6.07, 6.45) is 0. The minimum Gasteiger partial charge on any atom is -0.340 e. The van der Waals surface area contributed by atoms with Gasteiger partial charge in [-0.3, -0.25) is 9.10 Å². The topological polar surface area (TPSA) is 57.7 Å². The zero-order valence-corrected chi connectivity index (χ0v) is 17.5. The molecule has 0 saturated carbocycles. The van der Waals surface area contributed by atoms with Crippen molar-refractivity contribution in [2.24, 2.45) is 0 Å². The Labute approximate surface area is 176 Å². The third kappa shape index (κ3) is 5.16. The maximum atomic E-state index is 13.3. The molecule has 3 rings (SSSR count). The number of nitrogens with zero attached hydrogens (tertiary/aromatic N) is 2. The third-order valence-electron chi connectivity index (χ3n) is 4.39. The second kappa shape index (κ2) is 9.11. The van der Waals surface area contributed by atoms with E-state index in [4.69, 9.17) is 11.6 Å². The van der Waals surface area contributed by atoms with Gasteiger partial charge in [-0.25, -0.2) is 8.42 Å². The van der Waals surface area contributed by atoms with Crippen LogP contribution in [0.3, 0.4) is 0 Å². The van der Waals surface area contributed by atoms with Gasteiger partial charge in [0, 0.05) is 18.6 Å². The van der Waals surface area contributed by atoms with E-state index in [0.29, 0.717) is 17.3 Å². The van der Waals surface area contributed by atoms with E-state index in [1.54, 1.807) is 43.4 Å². The molecule has 150 valence electrons. The monoisotopic (exact) mass is 428 g/mol. The molecule has 1 amide bonds. The van der Waals surface area contributed by atoms with Gasteiger partial charge in [0.1, 0.15) is 6.54 Å². The van der Waals surface area contributed by atoms with Gasteiger partial charge in [0.05, 0.1) is 10.6 Å². The Kier molecular flexibility index (Phi) is 6.56. The molecule has 0 unspecified atom stereocenters. The maximum absolute atomic E-state index is 13.3. The zero-order valence-electron chi connectivity index (χ0n) is 15.9. The van der Waals surface area contributed by atoms with Crippen molar-refractivity contribution in [3.63, 3.8) is 0 Å². The van der Waals surface area contributed by atoms with Crippen molar-refractivity contribution in [3.8, 4) is 0 Å². The van der Waals surface area contributed by atoms with Gasteiger partial charge in [-0.1, -0.05) is 66.2 Å². The minimum absolute atomic E-state index is 0.110. The van der Waals surface area contributed by atoms with Crippen molar-refractivity contribution in [1.82, 2.24) is 4.90 Å². The predicted octanol–water partition coefficient (Wildman–Crippen LogP) is 4.19. The molecule has 0 aliphatic heterocycles. The summed E-state index contributed by atoms with van der Waals surface area (Å²) in [5.74, 6) is -0.326. The normalized spacial score (nSPS) is 11.1. The van der Waals surface area contributed by atoms with Crippen LogP contribution in [0.25, 0.3) is 0 Å². The lowest BCUT2D eigenvalue weighted by atomic mass is 10.2. The van der Waals surface area contributed by atoms with Gasteiger partial charge in [0.25, 0.3) is 10.0 Å². The summed E-state index contributed by atoms with van der Waals surface area (Å²) in [6, 6.07) is 24.0. The molecule has 0 aliphatic rings. The molecule has 7 heteroatoms. The number of rotatable bonds is 7. The highest BCUT2D eigenvalue weighted by Crippen LogP contribution is 2.26. The third-order valence-corrected chi connectivity index (χ3v) is 6.42. The van der Waals surface area contributed by atoms with E-state index in [1.807, 2.05) is 30.3 Å². The summed E-state index contributed by atoms with van der Waals surface area (Å²) in [7, 11) is -2.29. The van der Waals surface area contributed by atoms with Crippen molar-refractivity contribution in [2.45, 2.75) is 11.4 Å². The molecule has 0 atom stereocenters. The van der Waals surface area contributed by atoms with Crippen LogP contribution < -0.4 is 4.31 Å². The number of amides is 1. The number of anilines is 1. The van der Waals surface area contributed by atoms with Gasteiger partial charge < -0.3 is 4.90 Å². The molecule has 0 aliphatic carbocycles. The van der Waals surface area contributed by atoms with E-state index in [0.717, 1.165) is 9.87 Å². The number of carbonyl (C=O) groups is 1. The van der Waals surface area contributed by atoms with Gasteiger partial charge in [-0.15, -0.1) is 0 Å². The standard InChI is InChI=1S/C22H21ClN2O3S/c1-24(16-18-9-4-2-5-10-18)22(26)17-25(20-12-8-11-19(23)15-20)29(27,28)21-13-6-3-7-14-21/h2-15H,16-17H2,1H3. The number of carbonyl (C=O) groups excluding carboxylic acids is 1. The Balaban J connectivity index is 1.90. The quantitative estimate of drug-likeness (QED) is 0.566. The molecule has 3 aromatic rings. The summed E-state index contributed by atoms with van der Waals surface area (Å²) in [4.78, 5) is 14.5. The van der Waals surface area contributed by atoms with E-state index < -0.39 is 10.0 Å². The van der Waals surface area contributed by atoms with Gasteiger partial charge in [0.15, 0.2) is 0 Å². The number of sulfonamides is 1. The summed E-state index contributed by atoms with van der Waals surface area (Å²) in [6.45, 7) is 0.0509. The molecular formula is C22H21ClN2O3S. The van der Waals surface area contributed by atoms with Crippen LogP contribution in [0.4, 0.5) is 5.69 Å². The molecule has 0 fully saturated rings. The first-order valence-corrected chi connectivity index (χ1v) is 10.8. The molecule has 0 aromatic heterocycles. The Morgan fingerprint density at radius 3 is 2.14 bits per heavy atom. The highest BCUT2D eigenvalue weighted by molar-refractivity contribution is 7.92. The molecule has 5 nitrogen and oxygen atoms in total. The van der Waals surface area contributed by atoms with E-state index >= 15 is 0 Å². The average molecular weight is 429 g/mol. The molecule has 0 bridgehead atoms. The van der Waals surface area contributed by atoms with Crippen LogP contribution in [-0.4, -0.2) is 32.8 Å². The van der Waals surface area contributed by atoms with E-state index in [-0.39, 0.29) is 17.3 Å². The smallest absolute Gasteiger partial charge is 0.264 e. The van der Waals surface area contributed by atoms with Crippen LogP contribution in [-0.2, 0) is 21.4 Å². The first-order valence-electron chi connectivity index (χ1n) is 8.99. The van der Waals surface area contributed by atoms with Crippen LogP contribution >= 0.6 is 11.6 Å². The van der Waals surface area contributed by atoms with Crippen molar-refractivity contribution in [1.29, 1.82) is 0 Å². The molecule has 0 heterocycles. The summed E-state index contributed by atoms with van der Waals surface area (Å²) in [5, 5.41) is 0.390. The number of hydrogen-bond acceptors (Lipinski definition) is 3. The van der Waals surface area contributed by atoms with Crippen molar-refractivity contribution in [2.75, 3.05) is 17.9 Å².